The average molecular weight is 521 g/mol. The SMILES string of the molecule is CC[C@@]1(C(=O)N2C[C@@H](C)O[C@@H](C)C2)CCc2c(sc3ncnc(Nc4cc5cn[nH]c5cc4OC)c23)C1. The van der Waals surface area contributed by atoms with Gasteiger partial charge in [-0.2, -0.15) is 5.10 Å². The second-order valence-corrected chi connectivity index (χ2v) is 11.4. The molecule has 1 fully saturated rings. The van der Waals surface area contributed by atoms with Crippen molar-refractivity contribution in [3.05, 3.63) is 35.1 Å². The number of nitrogens with zero attached hydrogens (tertiary/aromatic N) is 4. The van der Waals surface area contributed by atoms with E-state index in [0.29, 0.717) is 18.8 Å². The maximum absolute atomic E-state index is 13.9. The number of thiophene rings is 1. The first-order valence-corrected chi connectivity index (χ1v) is 13.7. The predicted molar refractivity (Wildman–Crippen MR) is 145 cm³/mol. The number of fused-ring (bicyclic) bond motifs is 4. The predicted octanol–water partition coefficient (Wildman–Crippen LogP) is 4.84. The van der Waals surface area contributed by atoms with Crippen molar-refractivity contribution in [3.63, 3.8) is 0 Å². The fourth-order valence-electron chi connectivity index (χ4n) is 5.98. The molecule has 1 aliphatic carbocycles. The maximum atomic E-state index is 13.9. The molecule has 194 valence electrons. The van der Waals surface area contributed by atoms with E-state index >= 15 is 0 Å². The number of aromatic nitrogens is 4. The Balaban J connectivity index is 1.34. The summed E-state index contributed by atoms with van der Waals surface area (Å²) in [5.74, 6) is 1.73. The Labute approximate surface area is 219 Å². The number of methoxy groups -OCH3 is 1. The van der Waals surface area contributed by atoms with E-state index < -0.39 is 0 Å². The fourth-order valence-corrected chi connectivity index (χ4v) is 7.31. The highest BCUT2D eigenvalue weighted by molar-refractivity contribution is 7.19. The highest BCUT2D eigenvalue weighted by atomic mass is 32.1. The van der Waals surface area contributed by atoms with Gasteiger partial charge in [0.2, 0.25) is 5.91 Å². The molecule has 37 heavy (non-hydrogen) atoms. The lowest BCUT2D eigenvalue weighted by atomic mass is 9.71. The number of aryl methyl sites for hydroxylation is 1. The number of hydrogen-bond acceptors (Lipinski definition) is 8. The summed E-state index contributed by atoms with van der Waals surface area (Å²) in [6.07, 6.45) is 6.72. The Morgan fingerprint density at radius 3 is 2.86 bits per heavy atom. The third-order valence-corrected chi connectivity index (χ3v) is 9.01. The van der Waals surface area contributed by atoms with Gasteiger partial charge in [-0.1, -0.05) is 6.92 Å². The van der Waals surface area contributed by atoms with Crippen molar-refractivity contribution < 1.29 is 14.3 Å². The number of hydrogen-bond donors (Lipinski definition) is 2. The number of ether oxygens (including phenoxy) is 2. The number of anilines is 2. The lowest BCUT2D eigenvalue weighted by Gasteiger charge is -2.43. The first-order valence-electron chi connectivity index (χ1n) is 12.9. The Morgan fingerprint density at radius 1 is 1.30 bits per heavy atom. The molecule has 1 aromatic carbocycles. The monoisotopic (exact) mass is 520 g/mol. The van der Waals surface area contributed by atoms with E-state index in [0.717, 1.165) is 58.3 Å². The highest BCUT2D eigenvalue weighted by Crippen LogP contribution is 2.47. The molecule has 2 aliphatic rings. The summed E-state index contributed by atoms with van der Waals surface area (Å²) >= 11 is 1.69. The number of aromatic amines is 1. The molecule has 0 saturated carbocycles. The number of H-pyrrole nitrogens is 1. The van der Waals surface area contributed by atoms with E-state index in [9.17, 15) is 4.79 Å². The molecule has 1 amide bonds. The van der Waals surface area contributed by atoms with Crippen LogP contribution in [0, 0.1) is 5.41 Å². The molecule has 1 aliphatic heterocycles. The summed E-state index contributed by atoms with van der Waals surface area (Å²) in [6, 6.07) is 3.94. The minimum Gasteiger partial charge on any atom is -0.494 e. The van der Waals surface area contributed by atoms with E-state index in [1.165, 1.54) is 10.4 Å². The molecule has 10 heteroatoms. The average Bonchev–Trinajstić information content (AvgIpc) is 3.50. The second-order valence-electron chi connectivity index (χ2n) is 10.3. The number of amides is 1. The number of nitrogens with one attached hydrogen (secondary N) is 2. The van der Waals surface area contributed by atoms with Crippen LogP contribution in [0.4, 0.5) is 11.5 Å². The molecule has 0 unspecified atom stereocenters. The summed E-state index contributed by atoms with van der Waals surface area (Å²) in [6.45, 7) is 7.56. The van der Waals surface area contributed by atoms with Gasteiger partial charge in [0.15, 0.2) is 0 Å². The maximum Gasteiger partial charge on any atom is 0.229 e. The molecular weight excluding hydrogens is 488 g/mol. The Kier molecular flexibility index (Phi) is 6.03. The number of carbonyl (C=O) groups is 1. The Hall–Kier alpha value is -3.24. The lowest BCUT2D eigenvalue weighted by molar-refractivity contribution is -0.155. The van der Waals surface area contributed by atoms with Crippen LogP contribution in [0.1, 0.15) is 44.1 Å². The third-order valence-electron chi connectivity index (χ3n) is 7.87. The molecule has 4 heterocycles. The van der Waals surface area contributed by atoms with Gasteiger partial charge in [-0.05, 0) is 51.2 Å². The van der Waals surface area contributed by atoms with Gasteiger partial charge in [0.25, 0.3) is 0 Å². The van der Waals surface area contributed by atoms with Gasteiger partial charge in [0.1, 0.15) is 22.7 Å². The minimum atomic E-state index is -0.388. The molecule has 4 aromatic rings. The van der Waals surface area contributed by atoms with E-state index in [4.69, 9.17) is 9.47 Å². The molecule has 6 rings (SSSR count). The van der Waals surface area contributed by atoms with Gasteiger partial charge in [-0.3, -0.25) is 9.89 Å². The summed E-state index contributed by atoms with van der Waals surface area (Å²) in [5.41, 5.74) is 2.60. The molecule has 1 saturated heterocycles. The third kappa shape index (κ3) is 4.12. The van der Waals surface area contributed by atoms with Gasteiger partial charge < -0.3 is 19.7 Å². The van der Waals surface area contributed by atoms with Gasteiger partial charge in [-0.15, -0.1) is 11.3 Å². The van der Waals surface area contributed by atoms with Crippen molar-refractivity contribution in [3.8, 4) is 5.75 Å². The largest absolute Gasteiger partial charge is 0.494 e. The van der Waals surface area contributed by atoms with Crippen molar-refractivity contribution in [2.75, 3.05) is 25.5 Å². The van der Waals surface area contributed by atoms with Gasteiger partial charge in [0.05, 0.1) is 47.5 Å². The zero-order chi connectivity index (χ0) is 25.7. The summed E-state index contributed by atoms with van der Waals surface area (Å²) in [5, 5.41) is 12.6. The smallest absolute Gasteiger partial charge is 0.229 e. The van der Waals surface area contributed by atoms with E-state index in [-0.39, 0.29) is 23.5 Å². The Morgan fingerprint density at radius 2 is 2.11 bits per heavy atom. The fraction of sp³-hybridized carbons (Fsp3) is 0.481. The zero-order valence-electron chi connectivity index (χ0n) is 21.6. The number of rotatable bonds is 5. The van der Waals surface area contributed by atoms with E-state index in [2.05, 4.69) is 32.4 Å². The van der Waals surface area contributed by atoms with Crippen LogP contribution in [0.2, 0.25) is 0 Å². The molecule has 0 spiro atoms. The molecule has 0 radical (unpaired) electrons. The minimum absolute atomic E-state index is 0.0623. The summed E-state index contributed by atoms with van der Waals surface area (Å²) in [4.78, 5) is 27.4. The van der Waals surface area contributed by atoms with Crippen LogP contribution in [-0.2, 0) is 22.4 Å². The summed E-state index contributed by atoms with van der Waals surface area (Å²) in [7, 11) is 1.65. The van der Waals surface area contributed by atoms with Crippen LogP contribution in [0.25, 0.3) is 21.1 Å². The second kappa shape index (κ2) is 9.25. The quantitative estimate of drug-likeness (QED) is 0.388. The first kappa shape index (κ1) is 24.1. The zero-order valence-corrected chi connectivity index (χ0v) is 22.4. The topological polar surface area (TPSA) is 105 Å². The van der Waals surface area contributed by atoms with Gasteiger partial charge in [0, 0.05) is 29.4 Å². The van der Waals surface area contributed by atoms with E-state index in [1.807, 2.05) is 30.9 Å². The Bertz CT molecular complexity index is 1470. The normalized spacial score (nSPS) is 23.8. The van der Waals surface area contributed by atoms with Crippen molar-refractivity contribution in [1.82, 2.24) is 25.1 Å². The van der Waals surface area contributed by atoms with Crippen molar-refractivity contribution in [2.45, 2.75) is 58.7 Å². The van der Waals surface area contributed by atoms with E-state index in [1.54, 1.807) is 31.0 Å². The van der Waals surface area contributed by atoms with Gasteiger partial charge >= 0.3 is 0 Å². The van der Waals surface area contributed by atoms with Crippen LogP contribution < -0.4 is 10.1 Å². The molecule has 9 nitrogen and oxygen atoms in total. The number of carbonyl (C=O) groups excluding carboxylic acids is 1. The number of morpholine rings is 1. The van der Waals surface area contributed by atoms with Crippen LogP contribution in [0.15, 0.2) is 24.7 Å². The van der Waals surface area contributed by atoms with Crippen molar-refractivity contribution >= 4 is 49.9 Å². The highest BCUT2D eigenvalue weighted by Gasteiger charge is 2.45. The van der Waals surface area contributed by atoms with Crippen LogP contribution in [0.3, 0.4) is 0 Å². The van der Waals surface area contributed by atoms with Crippen molar-refractivity contribution in [2.24, 2.45) is 5.41 Å². The van der Waals surface area contributed by atoms with Crippen LogP contribution >= 0.6 is 11.3 Å². The first-order chi connectivity index (χ1) is 17.9. The number of benzene rings is 1. The molecule has 0 bridgehead atoms. The lowest BCUT2D eigenvalue weighted by Crippen LogP contribution is -2.54. The molecule has 3 atom stereocenters. The van der Waals surface area contributed by atoms with Crippen LogP contribution in [0.5, 0.6) is 5.75 Å². The molecule has 2 N–H and O–H groups in total. The van der Waals surface area contributed by atoms with Crippen molar-refractivity contribution in [1.29, 1.82) is 0 Å². The van der Waals surface area contributed by atoms with Gasteiger partial charge in [-0.25, -0.2) is 9.97 Å². The molecule has 3 aromatic heterocycles. The van der Waals surface area contributed by atoms with Crippen LogP contribution in [-0.4, -0.2) is 63.4 Å². The molecular formula is C27H32N6O3S. The standard InChI is InChI=1S/C27H32N6O3S/c1-5-27(26(34)33-12-15(2)36-16(3)13-33)7-6-18-22(10-27)37-25-23(18)24(28-14-29-25)31-20-8-17-11-30-32-19(17)9-21(20)35-4/h8-9,11,14-16H,5-7,10,12-13H2,1-4H3,(H,30,32)(H,28,29,31)/t15-,16+,27-/m1/s1. The summed E-state index contributed by atoms with van der Waals surface area (Å²) < 4.78 is 11.5.